The van der Waals surface area contributed by atoms with Gasteiger partial charge in [-0.15, -0.1) is 0 Å². The molecule has 5 atom stereocenters. The first-order valence-corrected chi connectivity index (χ1v) is 9.72. The van der Waals surface area contributed by atoms with E-state index in [-0.39, 0.29) is 0 Å². The molecule has 4 N–H and O–H groups in total. The highest BCUT2D eigenvalue weighted by Crippen LogP contribution is 2.31. The van der Waals surface area contributed by atoms with E-state index >= 15 is 0 Å². The van der Waals surface area contributed by atoms with Gasteiger partial charge in [0.25, 0.3) is 0 Å². The number of aliphatic hydroxyl groups excluding tert-OH is 3. The molecule has 0 amide bonds. The van der Waals surface area contributed by atoms with Crippen molar-refractivity contribution in [3.05, 3.63) is 30.0 Å². The summed E-state index contributed by atoms with van der Waals surface area (Å²) in [6.07, 6.45) is 0.101. The van der Waals surface area contributed by atoms with Crippen LogP contribution in [0.5, 0.6) is 5.75 Å². The predicted octanol–water partition coefficient (Wildman–Crippen LogP) is 1.01. The summed E-state index contributed by atoms with van der Waals surface area (Å²) in [4.78, 5) is 5.76. The van der Waals surface area contributed by atoms with E-state index in [1.165, 1.54) is 31.5 Å². The summed E-state index contributed by atoms with van der Waals surface area (Å²) in [5.74, 6) is 0.555. The lowest BCUT2D eigenvalue weighted by Crippen LogP contribution is -2.58. The van der Waals surface area contributed by atoms with Crippen LogP contribution in [0.1, 0.15) is 25.3 Å². The van der Waals surface area contributed by atoms with Gasteiger partial charge in [-0.25, -0.2) is 0 Å². The first kappa shape index (κ1) is 18.7. The Morgan fingerprint density at radius 1 is 1.15 bits per heavy atom. The molecule has 2 aliphatic rings. The van der Waals surface area contributed by atoms with Crippen LogP contribution in [0.15, 0.2) is 24.4 Å². The van der Waals surface area contributed by atoms with Gasteiger partial charge in [-0.2, -0.15) is 0 Å². The Balaban J connectivity index is 1.50. The molecule has 0 saturated carbocycles. The zero-order valence-electron chi connectivity index (χ0n) is 15.5. The van der Waals surface area contributed by atoms with Gasteiger partial charge in [0.15, 0.2) is 0 Å². The number of aromatic amines is 1. The Hall–Kier alpha value is -1.64. The quantitative estimate of drug-likeness (QED) is 0.622. The molecule has 7 heteroatoms. The zero-order chi connectivity index (χ0) is 19.0. The van der Waals surface area contributed by atoms with Crippen LogP contribution in [0.2, 0.25) is 0 Å². The van der Waals surface area contributed by atoms with Crippen molar-refractivity contribution < 1.29 is 24.8 Å². The van der Waals surface area contributed by atoms with Gasteiger partial charge in [-0.1, -0.05) is 12.1 Å². The van der Waals surface area contributed by atoms with Gasteiger partial charge in [-0.3, -0.25) is 0 Å². The molecule has 1 aromatic heterocycles. The van der Waals surface area contributed by atoms with Crippen LogP contribution in [0.4, 0.5) is 0 Å². The maximum Gasteiger partial charge on any atom is 0.229 e. The Morgan fingerprint density at radius 3 is 2.70 bits per heavy atom. The number of fused-ring (bicyclic) bond motifs is 1. The summed E-state index contributed by atoms with van der Waals surface area (Å²) in [6, 6.07) is 5.77. The summed E-state index contributed by atoms with van der Waals surface area (Å²) in [6.45, 7) is 5.05. The Kier molecular flexibility index (Phi) is 5.39. The molecule has 0 radical (unpaired) electrons. The number of ether oxygens (including phenoxy) is 2. The first-order chi connectivity index (χ1) is 13.0. The average Bonchev–Trinajstić information content (AvgIpc) is 3.33. The molecular weight excluding hydrogens is 348 g/mol. The van der Waals surface area contributed by atoms with Crippen LogP contribution in [0, 0.1) is 0 Å². The standard InChI is InChI=1S/C20H28N2O5/c1-12-17(23)18(24)19(25)20(26-12)27-15-6-4-5-14-13(11-21-16(14)15)7-10-22-8-2-3-9-22/h4-6,11-12,17-21,23-25H,2-3,7-10H2,1H3. The fourth-order valence-electron chi connectivity index (χ4n) is 4.01. The van der Waals surface area contributed by atoms with Gasteiger partial charge in [-0.05, 0) is 50.9 Å². The number of nitrogens with one attached hydrogen (secondary N) is 1. The van der Waals surface area contributed by atoms with Crippen molar-refractivity contribution in [3.63, 3.8) is 0 Å². The lowest BCUT2D eigenvalue weighted by molar-refractivity contribution is -0.267. The van der Waals surface area contributed by atoms with Crippen LogP contribution >= 0.6 is 0 Å². The fourth-order valence-corrected chi connectivity index (χ4v) is 4.01. The number of aromatic nitrogens is 1. The van der Waals surface area contributed by atoms with Crippen molar-refractivity contribution in [2.75, 3.05) is 19.6 Å². The molecule has 4 rings (SSSR count). The molecule has 5 unspecified atom stereocenters. The second-order valence-corrected chi connectivity index (χ2v) is 7.59. The van der Waals surface area contributed by atoms with E-state index in [2.05, 4.69) is 16.0 Å². The third-order valence-electron chi connectivity index (χ3n) is 5.71. The maximum absolute atomic E-state index is 10.2. The molecule has 27 heavy (non-hydrogen) atoms. The third kappa shape index (κ3) is 3.70. The summed E-state index contributed by atoms with van der Waals surface area (Å²) >= 11 is 0. The number of aliphatic hydroxyl groups is 3. The molecular formula is C20H28N2O5. The van der Waals surface area contributed by atoms with Crippen molar-refractivity contribution in [2.45, 2.75) is 56.9 Å². The molecule has 0 bridgehead atoms. The molecule has 0 spiro atoms. The SMILES string of the molecule is CC1OC(Oc2cccc3c(CCN4CCCC4)c[nH]c23)C(O)C(O)C1O. The Labute approximate surface area is 158 Å². The van der Waals surface area contributed by atoms with Gasteiger partial charge in [0.1, 0.15) is 24.1 Å². The lowest BCUT2D eigenvalue weighted by Gasteiger charge is -2.38. The van der Waals surface area contributed by atoms with Crippen molar-refractivity contribution in [1.82, 2.24) is 9.88 Å². The monoisotopic (exact) mass is 376 g/mol. The zero-order valence-corrected chi connectivity index (χ0v) is 15.5. The van der Waals surface area contributed by atoms with Crippen LogP contribution < -0.4 is 4.74 Å². The minimum Gasteiger partial charge on any atom is -0.460 e. The number of rotatable bonds is 5. The molecule has 2 saturated heterocycles. The number of benzene rings is 1. The smallest absolute Gasteiger partial charge is 0.229 e. The summed E-state index contributed by atoms with van der Waals surface area (Å²) in [5, 5.41) is 31.1. The second-order valence-electron chi connectivity index (χ2n) is 7.59. The Bertz CT molecular complexity index is 773. The highest BCUT2D eigenvalue weighted by molar-refractivity contribution is 5.88. The molecule has 2 aliphatic heterocycles. The van der Waals surface area contributed by atoms with Crippen molar-refractivity contribution >= 4 is 10.9 Å². The van der Waals surface area contributed by atoms with Crippen LogP contribution in [0.3, 0.4) is 0 Å². The van der Waals surface area contributed by atoms with E-state index in [1.54, 1.807) is 13.0 Å². The first-order valence-electron chi connectivity index (χ1n) is 9.72. The van der Waals surface area contributed by atoms with Crippen molar-refractivity contribution in [3.8, 4) is 5.75 Å². The highest BCUT2D eigenvalue weighted by Gasteiger charge is 2.43. The van der Waals surface area contributed by atoms with Gasteiger partial charge < -0.3 is 34.7 Å². The van der Waals surface area contributed by atoms with E-state index in [0.717, 1.165) is 23.9 Å². The minimum atomic E-state index is -1.32. The van der Waals surface area contributed by atoms with Gasteiger partial charge in [0, 0.05) is 18.1 Å². The van der Waals surface area contributed by atoms with Crippen molar-refractivity contribution in [2.24, 2.45) is 0 Å². The average molecular weight is 376 g/mol. The third-order valence-corrected chi connectivity index (χ3v) is 5.71. The largest absolute Gasteiger partial charge is 0.460 e. The van der Waals surface area contributed by atoms with E-state index in [4.69, 9.17) is 9.47 Å². The molecule has 7 nitrogen and oxygen atoms in total. The molecule has 148 valence electrons. The second kappa shape index (κ2) is 7.77. The molecule has 2 aromatic rings. The molecule has 0 aliphatic carbocycles. The van der Waals surface area contributed by atoms with Gasteiger partial charge in [0.05, 0.1) is 11.6 Å². The normalized spacial score (nSPS) is 32.2. The van der Waals surface area contributed by atoms with Crippen LogP contribution in [-0.4, -0.2) is 75.5 Å². The summed E-state index contributed by atoms with van der Waals surface area (Å²) in [7, 11) is 0. The molecule has 3 heterocycles. The van der Waals surface area contributed by atoms with E-state index in [9.17, 15) is 15.3 Å². The predicted molar refractivity (Wildman–Crippen MR) is 101 cm³/mol. The maximum atomic E-state index is 10.2. The number of nitrogens with zero attached hydrogens (tertiary/aromatic N) is 1. The number of para-hydroxylation sites is 1. The molecule has 2 fully saturated rings. The van der Waals surface area contributed by atoms with Crippen LogP contribution in [0.25, 0.3) is 10.9 Å². The van der Waals surface area contributed by atoms with E-state index < -0.39 is 30.7 Å². The minimum absolute atomic E-state index is 0.555. The number of hydrogen-bond acceptors (Lipinski definition) is 6. The number of hydrogen-bond donors (Lipinski definition) is 4. The molecule has 1 aromatic carbocycles. The fraction of sp³-hybridized carbons (Fsp3) is 0.600. The number of likely N-dealkylation sites (tertiary alicyclic amines) is 1. The highest BCUT2D eigenvalue weighted by atomic mass is 16.7. The van der Waals surface area contributed by atoms with Crippen LogP contribution in [-0.2, 0) is 11.2 Å². The van der Waals surface area contributed by atoms with Gasteiger partial charge in [0.2, 0.25) is 6.29 Å². The topological polar surface area (TPSA) is 98.2 Å². The summed E-state index contributed by atoms with van der Waals surface area (Å²) in [5.41, 5.74) is 2.08. The van der Waals surface area contributed by atoms with E-state index in [0.29, 0.717) is 5.75 Å². The van der Waals surface area contributed by atoms with Gasteiger partial charge >= 0.3 is 0 Å². The Morgan fingerprint density at radius 2 is 1.93 bits per heavy atom. The van der Waals surface area contributed by atoms with E-state index in [1.807, 2.05) is 12.3 Å². The summed E-state index contributed by atoms with van der Waals surface area (Å²) < 4.78 is 11.4. The number of H-pyrrole nitrogens is 1. The lowest BCUT2D eigenvalue weighted by atomic mass is 10.00. The van der Waals surface area contributed by atoms with Crippen molar-refractivity contribution in [1.29, 1.82) is 0 Å².